The average Bonchev–Trinajstić information content (AvgIpc) is 3.32. The molecule has 5 nitrogen and oxygen atoms in total. The molecule has 2 N–H and O–H groups in total. The molecule has 2 fully saturated rings. The van der Waals surface area contributed by atoms with Gasteiger partial charge in [0.25, 0.3) is 0 Å². The lowest BCUT2D eigenvalue weighted by molar-refractivity contribution is 0.348. The largest absolute Gasteiger partial charge is 0.396 e. The monoisotopic (exact) mass is 273 g/mol. The molecule has 0 atom stereocenters. The third-order valence-corrected chi connectivity index (χ3v) is 4.59. The second-order valence-electron chi connectivity index (χ2n) is 6.03. The minimum absolute atomic E-state index is 0.125. The molecule has 0 radical (unpaired) electrons. The maximum atomic E-state index is 13.3. The Hall–Kier alpha value is -1.98. The van der Waals surface area contributed by atoms with Crippen molar-refractivity contribution in [2.24, 2.45) is 11.3 Å². The fourth-order valence-corrected chi connectivity index (χ4v) is 3.05. The summed E-state index contributed by atoms with van der Waals surface area (Å²) in [6, 6.07) is 4.62. The summed E-state index contributed by atoms with van der Waals surface area (Å²) in [5.74, 6) is 1.10. The first kappa shape index (κ1) is 11.8. The van der Waals surface area contributed by atoms with Crippen molar-refractivity contribution in [2.45, 2.75) is 32.2 Å². The first-order valence-electron chi connectivity index (χ1n) is 6.99. The van der Waals surface area contributed by atoms with Crippen LogP contribution in [0.1, 0.15) is 25.7 Å². The molecular weight excluding hydrogens is 257 g/mol. The summed E-state index contributed by atoms with van der Waals surface area (Å²) in [4.78, 5) is 0. The highest BCUT2D eigenvalue weighted by Crippen LogP contribution is 2.62. The van der Waals surface area contributed by atoms with Crippen molar-refractivity contribution in [1.29, 1.82) is 0 Å². The van der Waals surface area contributed by atoms with E-state index in [0.717, 1.165) is 18.0 Å². The highest BCUT2D eigenvalue weighted by molar-refractivity contribution is 5.61. The summed E-state index contributed by atoms with van der Waals surface area (Å²) in [7, 11) is 0. The van der Waals surface area contributed by atoms with Crippen LogP contribution in [0.3, 0.4) is 0 Å². The number of nitrogens with zero attached hydrogens (tertiary/aromatic N) is 4. The van der Waals surface area contributed by atoms with Gasteiger partial charge in [0.1, 0.15) is 5.82 Å². The van der Waals surface area contributed by atoms with Gasteiger partial charge in [0.2, 0.25) is 0 Å². The molecule has 6 heteroatoms. The lowest BCUT2D eigenvalue weighted by atomic mass is 10.0. The average molecular weight is 273 g/mol. The molecule has 0 bridgehead atoms. The number of anilines is 1. The van der Waals surface area contributed by atoms with E-state index in [1.807, 2.05) is 4.68 Å². The predicted molar refractivity (Wildman–Crippen MR) is 72.0 cm³/mol. The standard InChI is InChI=1S/C14H16FN5/c15-11-4-1-9(7-12(11)16)13-17-18-19-20(13)8-14(5-6-14)10-2-3-10/h1,4,7,10H,2-3,5-6,8,16H2. The van der Waals surface area contributed by atoms with Crippen LogP contribution in [0.15, 0.2) is 18.2 Å². The van der Waals surface area contributed by atoms with Crippen LogP contribution in [-0.2, 0) is 6.54 Å². The second kappa shape index (κ2) is 4.01. The second-order valence-corrected chi connectivity index (χ2v) is 6.03. The maximum Gasteiger partial charge on any atom is 0.182 e. The van der Waals surface area contributed by atoms with Gasteiger partial charge in [-0.05, 0) is 65.6 Å². The van der Waals surface area contributed by atoms with Crippen molar-refractivity contribution in [1.82, 2.24) is 20.2 Å². The molecule has 2 saturated carbocycles. The molecule has 104 valence electrons. The van der Waals surface area contributed by atoms with E-state index in [2.05, 4.69) is 15.5 Å². The van der Waals surface area contributed by atoms with E-state index in [-0.39, 0.29) is 5.69 Å². The SMILES string of the molecule is Nc1cc(-c2nnnn2CC2(C3CC3)CC2)ccc1F. The number of rotatable bonds is 4. The van der Waals surface area contributed by atoms with E-state index in [1.165, 1.54) is 31.7 Å². The van der Waals surface area contributed by atoms with E-state index >= 15 is 0 Å². The van der Waals surface area contributed by atoms with E-state index in [0.29, 0.717) is 11.2 Å². The minimum Gasteiger partial charge on any atom is -0.396 e. The molecule has 0 spiro atoms. The Bertz CT molecular complexity index is 657. The lowest BCUT2D eigenvalue weighted by Crippen LogP contribution is -2.16. The van der Waals surface area contributed by atoms with Crippen molar-refractivity contribution >= 4 is 5.69 Å². The van der Waals surface area contributed by atoms with Gasteiger partial charge in [-0.1, -0.05) is 0 Å². The number of hydrogen-bond acceptors (Lipinski definition) is 4. The van der Waals surface area contributed by atoms with E-state index in [4.69, 9.17) is 5.73 Å². The van der Waals surface area contributed by atoms with E-state index in [9.17, 15) is 4.39 Å². The summed E-state index contributed by atoms with van der Waals surface area (Å²) >= 11 is 0. The predicted octanol–water partition coefficient (Wildman–Crippen LogP) is 2.25. The molecule has 2 aliphatic rings. The summed E-state index contributed by atoms with van der Waals surface area (Å²) in [6.45, 7) is 0.858. The van der Waals surface area contributed by atoms with Gasteiger partial charge in [-0.2, -0.15) is 0 Å². The molecule has 0 aliphatic heterocycles. The number of tetrazole rings is 1. The van der Waals surface area contributed by atoms with Crippen LogP contribution in [0.25, 0.3) is 11.4 Å². The maximum absolute atomic E-state index is 13.3. The van der Waals surface area contributed by atoms with Crippen LogP contribution < -0.4 is 5.73 Å². The van der Waals surface area contributed by atoms with Crippen LogP contribution >= 0.6 is 0 Å². The van der Waals surface area contributed by atoms with Crippen LogP contribution in [0, 0.1) is 17.2 Å². The molecule has 1 heterocycles. The summed E-state index contributed by atoms with van der Waals surface area (Å²) in [5.41, 5.74) is 6.92. The molecule has 1 aromatic heterocycles. The van der Waals surface area contributed by atoms with Gasteiger partial charge in [-0.25, -0.2) is 9.07 Å². The van der Waals surface area contributed by atoms with Gasteiger partial charge in [-0.15, -0.1) is 5.10 Å². The Morgan fingerprint density at radius 3 is 2.80 bits per heavy atom. The van der Waals surface area contributed by atoms with Crippen molar-refractivity contribution in [2.75, 3.05) is 5.73 Å². The van der Waals surface area contributed by atoms with E-state index in [1.54, 1.807) is 12.1 Å². The quantitative estimate of drug-likeness (QED) is 0.867. The van der Waals surface area contributed by atoms with Gasteiger partial charge in [0.05, 0.1) is 12.2 Å². The van der Waals surface area contributed by atoms with Crippen molar-refractivity contribution in [3.8, 4) is 11.4 Å². The lowest BCUT2D eigenvalue weighted by Gasteiger charge is -2.14. The fraction of sp³-hybridized carbons (Fsp3) is 0.500. The highest BCUT2D eigenvalue weighted by atomic mass is 19.1. The number of benzene rings is 1. The van der Waals surface area contributed by atoms with Gasteiger partial charge >= 0.3 is 0 Å². The van der Waals surface area contributed by atoms with Crippen LogP contribution in [0.2, 0.25) is 0 Å². The Morgan fingerprint density at radius 1 is 1.35 bits per heavy atom. The molecule has 0 amide bonds. The van der Waals surface area contributed by atoms with Gasteiger partial charge in [-0.3, -0.25) is 0 Å². The minimum atomic E-state index is -0.413. The zero-order valence-electron chi connectivity index (χ0n) is 11.1. The third-order valence-electron chi connectivity index (χ3n) is 4.59. The summed E-state index contributed by atoms with van der Waals surface area (Å²) in [5, 5.41) is 11.9. The molecule has 2 aliphatic carbocycles. The van der Waals surface area contributed by atoms with Gasteiger partial charge in [0, 0.05) is 5.56 Å². The molecule has 0 saturated heterocycles. The first-order valence-corrected chi connectivity index (χ1v) is 6.99. The number of aromatic nitrogens is 4. The summed E-state index contributed by atoms with van der Waals surface area (Å²) in [6.07, 6.45) is 5.20. The normalized spacial score (nSPS) is 20.1. The van der Waals surface area contributed by atoms with Crippen LogP contribution in [-0.4, -0.2) is 20.2 Å². The molecule has 1 aromatic carbocycles. The van der Waals surface area contributed by atoms with Crippen molar-refractivity contribution < 1.29 is 4.39 Å². The topological polar surface area (TPSA) is 69.6 Å². The van der Waals surface area contributed by atoms with Gasteiger partial charge in [0.15, 0.2) is 5.82 Å². The number of hydrogen-bond donors (Lipinski definition) is 1. The highest BCUT2D eigenvalue weighted by Gasteiger charge is 2.54. The molecule has 0 unspecified atom stereocenters. The van der Waals surface area contributed by atoms with Crippen LogP contribution in [0.5, 0.6) is 0 Å². The van der Waals surface area contributed by atoms with Crippen LogP contribution in [0.4, 0.5) is 10.1 Å². The summed E-state index contributed by atoms with van der Waals surface area (Å²) < 4.78 is 15.1. The smallest absolute Gasteiger partial charge is 0.182 e. The van der Waals surface area contributed by atoms with Crippen molar-refractivity contribution in [3.63, 3.8) is 0 Å². The van der Waals surface area contributed by atoms with Gasteiger partial charge < -0.3 is 5.73 Å². The number of nitrogens with two attached hydrogens (primary N) is 1. The zero-order chi connectivity index (χ0) is 13.7. The van der Waals surface area contributed by atoms with E-state index < -0.39 is 5.82 Å². The Labute approximate surface area is 116 Å². The number of halogens is 1. The third kappa shape index (κ3) is 1.87. The molecular formula is C14H16FN5. The number of nitrogen functional groups attached to an aromatic ring is 1. The molecule has 20 heavy (non-hydrogen) atoms. The first-order chi connectivity index (χ1) is 9.68. The zero-order valence-corrected chi connectivity index (χ0v) is 11.1. The Kier molecular flexibility index (Phi) is 2.37. The molecule has 2 aromatic rings. The Balaban J connectivity index is 1.66. The van der Waals surface area contributed by atoms with Crippen molar-refractivity contribution in [3.05, 3.63) is 24.0 Å². The Morgan fingerprint density at radius 2 is 2.15 bits per heavy atom. The fourth-order valence-electron chi connectivity index (χ4n) is 3.05. The molecule has 4 rings (SSSR count).